The van der Waals surface area contributed by atoms with Crippen molar-refractivity contribution in [1.29, 1.82) is 0 Å². The minimum atomic E-state index is 0. The molecule has 0 aromatic carbocycles. The fraction of sp³-hybridized carbons (Fsp3) is 0. The van der Waals surface area contributed by atoms with Crippen LogP contribution in [-0.4, -0.2) is 0 Å². The maximum Gasteiger partial charge on any atom is 0 e. The van der Waals surface area contributed by atoms with Crippen molar-refractivity contribution in [1.82, 2.24) is 0 Å². The first-order valence-corrected chi connectivity index (χ1v) is 0. The van der Waals surface area contributed by atoms with Crippen molar-refractivity contribution in [3.63, 3.8) is 0 Å². The average Bonchev–Trinajstić information content (AvgIpc) is 0. The van der Waals surface area contributed by atoms with Crippen molar-refractivity contribution in [2.24, 2.45) is 0 Å². The third kappa shape index (κ3) is 8.89. The second kappa shape index (κ2) is 19.0. The molecule has 37 valence electrons. The molecule has 0 atom stereocenters. The molecule has 0 aromatic heterocycles. The molecule has 0 fully saturated rings. The van der Waals surface area contributed by atoms with E-state index in [-0.39, 0.29) is 70.8 Å². The zero-order chi connectivity index (χ0) is 0. The molecular weight excluding hydrogens is 280 g/mol. The van der Waals surface area contributed by atoms with E-state index in [1.54, 1.807) is 0 Å². The zero-order valence-electron chi connectivity index (χ0n) is 1.32. The van der Waals surface area contributed by atoms with Gasteiger partial charge in [-0.2, -0.15) is 0 Å². The van der Waals surface area contributed by atoms with E-state index in [1.165, 1.54) is 0 Å². The SMILES string of the molecule is [Co].[Fe].[Ni].[Pd]. The van der Waals surface area contributed by atoms with Crippen LogP contribution in [0.25, 0.3) is 0 Å². The standard InChI is InChI=1S/Co.Fe.Ni.Pd. The molecule has 0 saturated heterocycles. The Labute approximate surface area is 70.1 Å². The Kier molecular flexibility index (Phi) is 166. The Bertz CT molecular complexity index is 8.00. The predicted molar refractivity (Wildman–Crippen MR) is 0 cm³/mol. The van der Waals surface area contributed by atoms with E-state index in [0.717, 1.165) is 0 Å². The molecule has 0 aliphatic heterocycles. The monoisotopic (exact) mass is 279 g/mol. The van der Waals surface area contributed by atoms with Gasteiger partial charge in [0, 0.05) is 70.8 Å². The quantitative estimate of drug-likeness (QED) is 0.547. The van der Waals surface area contributed by atoms with Crippen LogP contribution in [0.4, 0.5) is 0 Å². The number of rotatable bonds is 0. The summed E-state index contributed by atoms with van der Waals surface area (Å²) in [6.45, 7) is 0. The molecule has 0 aliphatic carbocycles. The molecule has 0 rings (SSSR count). The molecule has 0 saturated carbocycles. The first-order valence-electron chi connectivity index (χ1n) is 0. The third-order valence-electron chi connectivity index (χ3n) is 0. The Morgan fingerprint density at radius 2 is 1.00 bits per heavy atom. The first-order chi connectivity index (χ1) is 0. The first kappa shape index (κ1) is 34.9. The van der Waals surface area contributed by atoms with Crippen LogP contribution in [-0.2, 0) is 70.8 Å². The van der Waals surface area contributed by atoms with Crippen molar-refractivity contribution in [2.75, 3.05) is 0 Å². The Morgan fingerprint density at radius 3 is 1.00 bits per heavy atom. The van der Waals surface area contributed by atoms with Gasteiger partial charge in [0.25, 0.3) is 0 Å². The van der Waals surface area contributed by atoms with Gasteiger partial charge in [-0.15, -0.1) is 0 Å². The molecule has 0 unspecified atom stereocenters. The summed E-state index contributed by atoms with van der Waals surface area (Å²) in [5.74, 6) is 0. The molecule has 0 N–H and O–H groups in total. The summed E-state index contributed by atoms with van der Waals surface area (Å²) in [4.78, 5) is 0. The van der Waals surface area contributed by atoms with Gasteiger partial charge in [-0.25, -0.2) is 0 Å². The van der Waals surface area contributed by atoms with Crippen molar-refractivity contribution < 1.29 is 70.8 Å². The van der Waals surface area contributed by atoms with Gasteiger partial charge in [0.15, 0.2) is 0 Å². The van der Waals surface area contributed by atoms with E-state index in [4.69, 9.17) is 0 Å². The second-order valence-electron chi connectivity index (χ2n) is 0. The maximum atomic E-state index is 0. The molecule has 0 nitrogen and oxygen atoms in total. The molecule has 0 heterocycles. The second-order valence-corrected chi connectivity index (χ2v) is 0. The summed E-state index contributed by atoms with van der Waals surface area (Å²) < 4.78 is 0. The molecule has 0 amide bonds. The Hall–Kier alpha value is 2.18. The summed E-state index contributed by atoms with van der Waals surface area (Å²) in [5, 5.41) is 0. The fourth-order valence-electron chi connectivity index (χ4n) is 0. The van der Waals surface area contributed by atoms with Crippen LogP contribution < -0.4 is 0 Å². The van der Waals surface area contributed by atoms with E-state index in [2.05, 4.69) is 0 Å². The topological polar surface area (TPSA) is 0 Å². The van der Waals surface area contributed by atoms with Crippen molar-refractivity contribution in [2.45, 2.75) is 0 Å². The van der Waals surface area contributed by atoms with Gasteiger partial charge in [-0.05, 0) is 0 Å². The molecule has 4 heteroatoms. The molecule has 0 bridgehead atoms. The molecule has 4 heavy (non-hydrogen) atoms. The van der Waals surface area contributed by atoms with Crippen LogP contribution >= 0.6 is 0 Å². The van der Waals surface area contributed by atoms with Gasteiger partial charge in [-0.3, -0.25) is 0 Å². The van der Waals surface area contributed by atoms with Gasteiger partial charge < -0.3 is 0 Å². The average molecular weight is 280 g/mol. The Morgan fingerprint density at radius 1 is 1.00 bits per heavy atom. The molecule has 0 aliphatic rings. The van der Waals surface area contributed by atoms with Crippen LogP contribution in [0.15, 0.2) is 0 Å². The number of hydrogen-bond acceptors (Lipinski definition) is 0. The Balaban J connectivity index is 0. The summed E-state index contributed by atoms with van der Waals surface area (Å²) in [7, 11) is 0. The van der Waals surface area contributed by atoms with E-state index in [9.17, 15) is 0 Å². The van der Waals surface area contributed by atoms with E-state index in [1.807, 2.05) is 0 Å². The third-order valence-corrected chi connectivity index (χ3v) is 0. The van der Waals surface area contributed by atoms with E-state index in [0.29, 0.717) is 0 Å². The molecule has 1 radical (unpaired) electrons. The minimum absolute atomic E-state index is 0. The normalized spacial score (nSPS) is 0. The van der Waals surface area contributed by atoms with Gasteiger partial charge in [-0.1, -0.05) is 0 Å². The summed E-state index contributed by atoms with van der Waals surface area (Å²) in [6.07, 6.45) is 0. The summed E-state index contributed by atoms with van der Waals surface area (Å²) >= 11 is 0. The van der Waals surface area contributed by atoms with Gasteiger partial charge in [0.05, 0.1) is 0 Å². The van der Waals surface area contributed by atoms with E-state index < -0.39 is 0 Å². The van der Waals surface area contributed by atoms with Crippen LogP contribution in [0.1, 0.15) is 0 Å². The van der Waals surface area contributed by atoms with E-state index >= 15 is 0 Å². The van der Waals surface area contributed by atoms with Gasteiger partial charge in [0.1, 0.15) is 0 Å². The molecule has 0 aromatic rings. The van der Waals surface area contributed by atoms with Gasteiger partial charge >= 0.3 is 0 Å². The van der Waals surface area contributed by atoms with Crippen LogP contribution in [0.2, 0.25) is 0 Å². The smallest absolute Gasteiger partial charge is 0 e. The van der Waals surface area contributed by atoms with Crippen LogP contribution in [0.5, 0.6) is 0 Å². The predicted octanol–water partition coefficient (Wildman–Crippen LogP) is -0.0100. The van der Waals surface area contributed by atoms with Crippen molar-refractivity contribution in [3.8, 4) is 0 Å². The van der Waals surface area contributed by atoms with Gasteiger partial charge in [0.2, 0.25) is 0 Å². The van der Waals surface area contributed by atoms with Crippen molar-refractivity contribution >= 4 is 0 Å². The zero-order valence-corrected chi connectivity index (χ0v) is 6.01. The summed E-state index contributed by atoms with van der Waals surface area (Å²) in [5.41, 5.74) is 0. The van der Waals surface area contributed by atoms with Crippen LogP contribution in [0.3, 0.4) is 0 Å². The molecular formula is CoFeNiPd. The van der Waals surface area contributed by atoms with Crippen LogP contribution in [0, 0.1) is 0 Å². The van der Waals surface area contributed by atoms with Crippen molar-refractivity contribution in [3.05, 3.63) is 0 Å². The minimum Gasteiger partial charge on any atom is 0 e. The largest absolute Gasteiger partial charge is 0 e. The fourth-order valence-corrected chi connectivity index (χ4v) is 0. The molecule has 0 spiro atoms. The maximum absolute atomic E-state index is 0. The summed E-state index contributed by atoms with van der Waals surface area (Å²) in [6, 6.07) is 0. The number of hydrogen-bond donors (Lipinski definition) is 0.